The fourth-order valence-electron chi connectivity index (χ4n) is 3.71. The van der Waals surface area contributed by atoms with Gasteiger partial charge in [0.1, 0.15) is 12.1 Å². The molecule has 0 fully saturated rings. The number of anilines is 3. The van der Waals surface area contributed by atoms with Gasteiger partial charge in [0.25, 0.3) is 10.0 Å². The van der Waals surface area contributed by atoms with Gasteiger partial charge in [0, 0.05) is 23.5 Å². The molecule has 0 atom stereocenters. The maximum absolute atomic E-state index is 12.6. The summed E-state index contributed by atoms with van der Waals surface area (Å²) < 4.78 is 38.2. The number of rotatable bonds is 9. The first-order chi connectivity index (χ1) is 18.4. The lowest BCUT2D eigenvalue weighted by Crippen LogP contribution is -2.34. The smallest absolute Gasteiger partial charge is 0.335 e. The van der Waals surface area contributed by atoms with Gasteiger partial charge in [-0.15, -0.1) is 0 Å². The Kier molecular flexibility index (Phi) is 7.91. The van der Waals surface area contributed by atoms with Gasteiger partial charge in [0.2, 0.25) is 5.82 Å². The standard InChI is InChI=1S/C28H31N5O5S/c1-19-5-15-24(16-6-19)39(35,36)32-27-30-26(31-38-27)21-9-7-20(8-10-21)17-33(18-25(34)37-28(2,3)4)23-13-11-22(29)12-14-23/h5-16H,17-18,29H2,1-4H3,(H,30,31,32). The third-order valence-corrected chi connectivity index (χ3v) is 6.90. The normalized spacial score (nSPS) is 11.7. The predicted octanol–water partition coefficient (Wildman–Crippen LogP) is 4.78. The van der Waals surface area contributed by atoms with E-state index in [1.807, 2.05) is 56.9 Å². The number of nitrogens with zero attached hydrogens (tertiary/aromatic N) is 3. The number of carbonyl (C=O) groups excluding carboxylic acids is 1. The molecule has 0 spiro atoms. The Balaban J connectivity index is 1.47. The third-order valence-electron chi connectivity index (χ3n) is 5.56. The van der Waals surface area contributed by atoms with Crippen LogP contribution in [0.2, 0.25) is 0 Å². The van der Waals surface area contributed by atoms with E-state index >= 15 is 0 Å². The van der Waals surface area contributed by atoms with E-state index in [0.29, 0.717) is 17.8 Å². The second kappa shape index (κ2) is 11.2. The van der Waals surface area contributed by atoms with E-state index in [1.54, 1.807) is 36.4 Å². The number of sulfonamides is 1. The fraction of sp³-hybridized carbons (Fsp3) is 0.250. The molecule has 1 aromatic heterocycles. The van der Waals surface area contributed by atoms with Crippen molar-refractivity contribution < 1.29 is 22.5 Å². The summed E-state index contributed by atoms with van der Waals surface area (Å²) in [5.74, 6) is -0.115. The van der Waals surface area contributed by atoms with Crippen LogP contribution in [0.5, 0.6) is 0 Å². The summed E-state index contributed by atoms with van der Waals surface area (Å²) in [6.45, 7) is 7.83. The number of benzene rings is 3. The molecular formula is C28H31N5O5S. The Bertz CT molecular complexity index is 1530. The summed E-state index contributed by atoms with van der Waals surface area (Å²) in [5, 5.41) is 3.90. The molecule has 0 saturated carbocycles. The number of aryl methyl sites for hydroxylation is 1. The van der Waals surface area contributed by atoms with Gasteiger partial charge in [-0.3, -0.25) is 4.79 Å². The number of nitrogen functional groups attached to an aromatic ring is 1. The van der Waals surface area contributed by atoms with E-state index in [1.165, 1.54) is 12.1 Å². The monoisotopic (exact) mass is 549 g/mol. The molecule has 204 valence electrons. The van der Waals surface area contributed by atoms with Crippen molar-refractivity contribution in [2.75, 3.05) is 21.9 Å². The minimum Gasteiger partial charge on any atom is -0.459 e. The number of nitrogens with two attached hydrogens (primary N) is 1. The summed E-state index contributed by atoms with van der Waals surface area (Å²) in [5.41, 5.74) is 9.19. The van der Waals surface area contributed by atoms with Gasteiger partial charge >= 0.3 is 12.0 Å². The van der Waals surface area contributed by atoms with Crippen LogP contribution in [-0.4, -0.2) is 36.7 Å². The summed E-state index contributed by atoms with van der Waals surface area (Å²) in [4.78, 5) is 18.7. The Morgan fingerprint density at radius 3 is 2.26 bits per heavy atom. The fourth-order valence-corrected chi connectivity index (χ4v) is 4.63. The Labute approximate surface area is 227 Å². The van der Waals surface area contributed by atoms with Gasteiger partial charge in [-0.05, 0) is 69.7 Å². The van der Waals surface area contributed by atoms with Gasteiger partial charge in [0.15, 0.2) is 0 Å². The maximum Gasteiger partial charge on any atom is 0.335 e. The highest BCUT2D eigenvalue weighted by molar-refractivity contribution is 7.92. The van der Waals surface area contributed by atoms with Crippen molar-refractivity contribution in [1.82, 2.24) is 10.1 Å². The Morgan fingerprint density at radius 2 is 1.64 bits per heavy atom. The Hall–Kier alpha value is -4.38. The highest BCUT2D eigenvalue weighted by Gasteiger charge is 2.21. The zero-order chi connectivity index (χ0) is 28.2. The Morgan fingerprint density at radius 1 is 1.00 bits per heavy atom. The number of ether oxygens (including phenoxy) is 1. The molecule has 39 heavy (non-hydrogen) atoms. The molecule has 3 aromatic carbocycles. The minimum atomic E-state index is -3.87. The lowest BCUT2D eigenvalue weighted by atomic mass is 10.1. The van der Waals surface area contributed by atoms with Crippen molar-refractivity contribution in [3.63, 3.8) is 0 Å². The molecule has 1 heterocycles. The van der Waals surface area contributed by atoms with E-state index in [-0.39, 0.29) is 29.2 Å². The number of aromatic nitrogens is 2. The van der Waals surface area contributed by atoms with Crippen molar-refractivity contribution >= 4 is 33.4 Å². The van der Waals surface area contributed by atoms with Crippen LogP contribution in [0.1, 0.15) is 31.9 Å². The largest absolute Gasteiger partial charge is 0.459 e. The maximum atomic E-state index is 12.6. The van der Waals surface area contributed by atoms with Gasteiger partial charge in [-0.25, -0.2) is 13.1 Å². The molecule has 3 N–H and O–H groups in total. The quantitative estimate of drug-likeness (QED) is 0.223. The highest BCUT2D eigenvalue weighted by atomic mass is 32.2. The van der Waals surface area contributed by atoms with Gasteiger partial charge in [0.05, 0.1) is 4.90 Å². The molecule has 0 bridgehead atoms. The summed E-state index contributed by atoms with van der Waals surface area (Å²) >= 11 is 0. The average molecular weight is 550 g/mol. The molecule has 0 unspecified atom stereocenters. The van der Waals surface area contributed by atoms with E-state index in [9.17, 15) is 13.2 Å². The molecular weight excluding hydrogens is 518 g/mol. The van der Waals surface area contributed by atoms with Crippen LogP contribution in [-0.2, 0) is 26.1 Å². The van der Waals surface area contributed by atoms with Gasteiger partial charge < -0.3 is 19.9 Å². The SMILES string of the molecule is Cc1ccc(S(=O)(=O)Nc2nc(-c3ccc(CN(CC(=O)OC(C)(C)C)c4ccc(N)cc4)cc3)no2)cc1. The zero-order valence-electron chi connectivity index (χ0n) is 22.2. The molecule has 0 aliphatic heterocycles. The second-order valence-electron chi connectivity index (χ2n) is 10.1. The molecule has 4 aromatic rings. The zero-order valence-corrected chi connectivity index (χ0v) is 23.0. The second-order valence-corrected chi connectivity index (χ2v) is 11.8. The number of hydrogen-bond acceptors (Lipinski definition) is 9. The molecule has 0 radical (unpaired) electrons. The van der Waals surface area contributed by atoms with E-state index in [4.69, 9.17) is 15.0 Å². The number of carbonyl (C=O) groups is 1. The van der Waals surface area contributed by atoms with Gasteiger partial charge in [-0.1, -0.05) is 47.1 Å². The van der Waals surface area contributed by atoms with Crippen molar-refractivity contribution in [2.45, 2.75) is 44.7 Å². The van der Waals surface area contributed by atoms with Crippen LogP contribution in [0, 0.1) is 6.92 Å². The van der Waals surface area contributed by atoms with Crippen LogP contribution in [0.15, 0.2) is 82.2 Å². The van der Waals surface area contributed by atoms with Crippen molar-refractivity contribution in [2.24, 2.45) is 0 Å². The minimum absolute atomic E-state index is 0.0538. The molecule has 0 aliphatic carbocycles. The number of nitrogens with one attached hydrogen (secondary N) is 1. The first-order valence-corrected chi connectivity index (χ1v) is 13.7. The average Bonchev–Trinajstić information content (AvgIpc) is 3.31. The van der Waals surface area contributed by atoms with E-state index < -0.39 is 15.6 Å². The topological polar surface area (TPSA) is 141 Å². The van der Waals surface area contributed by atoms with Crippen LogP contribution < -0.4 is 15.4 Å². The van der Waals surface area contributed by atoms with Crippen LogP contribution in [0.3, 0.4) is 0 Å². The third kappa shape index (κ3) is 7.57. The molecule has 0 saturated heterocycles. The molecule has 0 amide bonds. The van der Waals surface area contributed by atoms with Crippen molar-refractivity contribution in [1.29, 1.82) is 0 Å². The van der Waals surface area contributed by atoms with Crippen LogP contribution in [0.25, 0.3) is 11.4 Å². The molecule has 10 nitrogen and oxygen atoms in total. The lowest BCUT2D eigenvalue weighted by molar-refractivity contribution is -0.153. The van der Waals surface area contributed by atoms with E-state index in [0.717, 1.165) is 16.8 Å². The van der Waals surface area contributed by atoms with Crippen molar-refractivity contribution in [3.05, 3.63) is 83.9 Å². The molecule has 4 rings (SSSR count). The van der Waals surface area contributed by atoms with E-state index in [2.05, 4.69) is 14.9 Å². The molecule has 0 aliphatic rings. The van der Waals surface area contributed by atoms with Crippen LogP contribution >= 0.6 is 0 Å². The lowest BCUT2D eigenvalue weighted by Gasteiger charge is -2.27. The van der Waals surface area contributed by atoms with Crippen molar-refractivity contribution in [3.8, 4) is 11.4 Å². The van der Waals surface area contributed by atoms with Gasteiger partial charge in [-0.2, -0.15) is 4.98 Å². The first kappa shape index (κ1) is 27.6. The first-order valence-electron chi connectivity index (χ1n) is 12.2. The molecule has 11 heteroatoms. The number of esters is 1. The van der Waals surface area contributed by atoms with Crippen LogP contribution in [0.4, 0.5) is 17.4 Å². The predicted molar refractivity (Wildman–Crippen MR) is 149 cm³/mol. The summed E-state index contributed by atoms with van der Waals surface area (Å²) in [6.07, 6.45) is 0. The summed E-state index contributed by atoms with van der Waals surface area (Å²) in [6, 6.07) is 20.8. The summed E-state index contributed by atoms with van der Waals surface area (Å²) in [7, 11) is -3.87. The highest BCUT2D eigenvalue weighted by Crippen LogP contribution is 2.23. The number of hydrogen-bond donors (Lipinski definition) is 2.